The second-order valence-electron chi connectivity index (χ2n) is 2.47. The molecule has 2 aromatic rings. The fourth-order valence-electron chi connectivity index (χ4n) is 1.06. The third kappa shape index (κ3) is 0.964. The summed E-state index contributed by atoms with van der Waals surface area (Å²) in [6, 6.07) is 0. The Kier molecular flexibility index (Phi) is 1.37. The van der Waals surface area contributed by atoms with Crippen LogP contribution in [-0.4, -0.2) is 19.7 Å². The molecule has 6 heteroatoms. The van der Waals surface area contributed by atoms with Gasteiger partial charge >= 0.3 is 0 Å². The van der Waals surface area contributed by atoms with Gasteiger partial charge in [-0.15, -0.1) is 0 Å². The number of fused-ring (bicyclic) bond motifs is 1. The average molecular weight is 182 g/mol. The fraction of sp³-hybridized carbons (Fsp3) is 0.167. The van der Waals surface area contributed by atoms with E-state index >= 15 is 0 Å². The molecule has 0 radical (unpaired) electrons. The van der Waals surface area contributed by atoms with Crippen molar-refractivity contribution in [2.45, 2.75) is 0 Å². The van der Waals surface area contributed by atoms with E-state index in [0.717, 1.165) is 0 Å². The molecule has 0 bridgehead atoms. The fourth-order valence-corrected chi connectivity index (χ4v) is 1.25. The van der Waals surface area contributed by atoms with Crippen molar-refractivity contribution in [3.63, 3.8) is 0 Å². The number of aromatic amines is 2. The van der Waals surface area contributed by atoms with E-state index in [0.29, 0.717) is 15.8 Å². The molecule has 0 amide bonds. The van der Waals surface area contributed by atoms with Gasteiger partial charge in [0.25, 0.3) is 5.56 Å². The van der Waals surface area contributed by atoms with Crippen LogP contribution >= 0.6 is 12.2 Å². The van der Waals surface area contributed by atoms with Crippen LogP contribution in [0.1, 0.15) is 0 Å². The molecule has 5 nitrogen and oxygen atoms in total. The second kappa shape index (κ2) is 2.28. The number of aromatic nitrogens is 4. The van der Waals surface area contributed by atoms with Crippen molar-refractivity contribution in [2.24, 2.45) is 7.05 Å². The predicted octanol–water partition coefficient (Wildman–Crippen LogP) is 0.319. The van der Waals surface area contributed by atoms with Crippen molar-refractivity contribution in [1.29, 1.82) is 0 Å². The molecule has 0 aliphatic heterocycles. The molecule has 0 unspecified atom stereocenters. The van der Waals surface area contributed by atoms with E-state index in [1.54, 1.807) is 17.9 Å². The van der Waals surface area contributed by atoms with Crippen LogP contribution in [-0.2, 0) is 7.05 Å². The lowest BCUT2D eigenvalue weighted by Gasteiger charge is -1.85. The quantitative estimate of drug-likeness (QED) is 0.576. The second-order valence-corrected chi connectivity index (χ2v) is 2.88. The Morgan fingerprint density at radius 3 is 3.08 bits per heavy atom. The van der Waals surface area contributed by atoms with Gasteiger partial charge in [0.1, 0.15) is 5.39 Å². The number of nitrogens with one attached hydrogen (secondary N) is 2. The molecule has 0 spiro atoms. The van der Waals surface area contributed by atoms with Crippen molar-refractivity contribution in [2.75, 3.05) is 0 Å². The number of aryl methyl sites for hydroxylation is 1. The van der Waals surface area contributed by atoms with E-state index in [2.05, 4.69) is 15.1 Å². The largest absolute Gasteiger partial charge is 0.315 e. The van der Waals surface area contributed by atoms with E-state index in [9.17, 15) is 4.79 Å². The van der Waals surface area contributed by atoms with Gasteiger partial charge in [-0.3, -0.25) is 14.5 Å². The van der Waals surface area contributed by atoms with Crippen LogP contribution < -0.4 is 5.56 Å². The van der Waals surface area contributed by atoms with Gasteiger partial charge in [-0.2, -0.15) is 5.10 Å². The van der Waals surface area contributed by atoms with E-state index < -0.39 is 0 Å². The lowest BCUT2D eigenvalue weighted by atomic mass is 10.4. The summed E-state index contributed by atoms with van der Waals surface area (Å²) >= 11 is 4.78. The summed E-state index contributed by atoms with van der Waals surface area (Å²) in [7, 11) is 1.75. The first-order chi connectivity index (χ1) is 5.66. The Morgan fingerprint density at radius 1 is 1.58 bits per heavy atom. The average Bonchev–Trinajstić information content (AvgIpc) is 2.29. The summed E-state index contributed by atoms with van der Waals surface area (Å²) in [4.78, 5) is 16.5. The van der Waals surface area contributed by atoms with E-state index in [-0.39, 0.29) is 5.56 Å². The zero-order valence-electron chi connectivity index (χ0n) is 6.29. The zero-order chi connectivity index (χ0) is 8.72. The van der Waals surface area contributed by atoms with Crippen molar-refractivity contribution < 1.29 is 0 Å². The highest BCUT2D eigenvalue weighted by Crippen LogP contribution is 2.00. The molecule has 2 rings (SSSR count). The number of hydrogen-bond acceptors (Lipinski definition) is 3. The smallest absolute Gasteiger partial charge is 0.262 e. The summed E-state index contributed by atoms with van der Waals surface area (Å²) in [6.45, 7) is 0. The van der Waals surface area contributed by atoms with E-state index in [4.69, 9.17) is 12.2 Å². The summed E-state index contributed by atoms with van der Waals surface area (Å²) in [5.74, 6) is 0. The van der Waals surface area contributed by atoms with E-state index in [1.165, 1.54) is 0 Å². The molecule has 0 atom stereocenters. The van der Waals surface area contributed by atoms with Crippen LogP contribution in [0.4, 0.5) is 0 Å². The van der Waals surface area contributed by atoms with Gasteiger partial charge in [0, 0.05) is 13.2 Å². The maximum atomic E-state index is 11.2. The van der Waals surface area contributed by atoms with E-state index in [1.807, 2.05) is 0 Å². The molecule has 0 aliphatic rings. The van der Waals surface area contributed by atoms with Crippen molar-refractivity contribution in [3.8, 4) is 0 Å². The SMILES string of the molecule is Cn1cc2c(=O)[nH]c(=S)[nH]c2n1. The standard InChI is InChI=1S/C6H6N4OS/c1-10-2-3-4(9-10)7-6(12)8-5(3)11/h2H,1H3,(H2,7,8,9,11,12). The maximum Gasteiger partial charge on any atom is 0.262 e. The Hall–Kier alpha value is -1.43. The number of nitrogens with zero attached hydrogens (tertiary/aromatic N) is 2. The van der Waals surface area contributed by atoms with Gasteiger partial charge in [-0.25, -0.2) is 0 Å². The molecule has 0 saturated heterocycles. The molecule has 62 valence electrons. The highest BCUT2D eigenvalue weighted by atomic mass is 32.1. The predicted molar refractivity (Wildman–Crippen MR) is 46.5 cm³/mol. The topological polar surface area (TPSA) is 66.5 Å². The van der Waals surface area contributed by atoms with Gasteiger partial charge in [0.15, 0.2) is 10.4 Å². The van der Waals surface area contributed by atoms with Gasteiger partial charge in [0.05, 0.1) is 0 Å². The lowest BCUT2D eigenvalue weighted by molar-refractivity contribution is 0.775. The van der Waals surface area contributed by atoms with Gasteiger partial charge in [-0.1, -0.05) is 0 Å². The summed E-state index contributed by atoms with van der Waals surface area (Å²) in [5.41, 5.74) is 0.313. The zero-order valence-corrected chi connectivity index (χ0v) is 7.10. The normalized spacial score (nSPS) is 10.8. The summed E-state index contributed by atoms with van der Waals surface area (Å²) in [5, 5.41) is 4.53. The van der Waals surface area contributed by atoms with Crippen LogP contribution in [0.25, 0.3) is 11.0 Å². The summed E-state index contributed by atoms with van der Waals surface area (Å²) < 4.78 is 1.86. The minimum absolute atomic E-state index is 0.207. The van der Waals surface area contributed by atoms with Crippen molar-refractivity contribution in [1.82, 2.24) is 19.7 Å². The molecule has 0 aliphatic carbocycles. The molecule has 0 aromatic carbocycles. The van der Waals surface area contributed by atoms with Crippen LogP contribution in [0.3, 0.4) is 0 Å². The first-order valence-corrected chi connectivity index (χ1v) is 3.73. The van der Waals surface area contributed by atoms with Gasteiger partial charge in [-0.05, 0) is 12.2 Å². The molecular weight excluding hydrogens is 176 g/mol. The monoisotopic (exact) mass is 182 g/mol. The van der Waals surface area contributed by atoms with Crippen LogP contribution in [0, 0.1) is 4.77 Å². The number of hydrogen-bond donors (Lipinski definition) is 2. The number of H-pyrrole nitrogens is 2. The molecule has 2 heterocycles. The van der Waals surface area contributed by atoms with Crippen molar-refractivity contribution >= 4 is 23.3 Å². The first-order valence-electron chi connectivity index (χ1n) is 3.33. The Balaban J connectivity index is 3.08. The molecular formula is C6H6N4OS. The van der Waals surface area contributed by atoms with Gasteiger partial charge < -0.3 is 4.98 Å². The van der Waals surface area contributed by atoms with Gasteiger partial charge in [0.2, 0.25) is 0 Å². The minimum Gasteiger partial charge on any atom is -0.315 e. The third-order valence-corrected chi connectivity index (χ3v) is 1.74. The van der Waals surface area contributed by atoms with Crippen LogP contribution in [0.2, 0.25) is 0 Å². The highest BCUT2D eigenvalue weighted by Gasteiger charge is 2.01. The highest BCUT2D eigenvalue weighted by molar-refractivity contribution is 7.71. The molecule has 2 aromatic heterocycles. The number of rotatable bonds is 0. The molecule has 2 N–H and O–H groups in total. The Bertz CT molecular complexity index is 534. The first kappa shape index (κ1) is 7.23. The minimum atomic E-state index is -0.207. The third-order valence-electron chi connectivity index (χ3n) is 1.53. The Labute approximate surface area is 72.0 Å². The molecule has 0 fully saturated rings. The maximum absolute atomic E-state index is 11.2. The van der Waals surface area contributed by atoms with Crippen LogP contribution in [0.5, 0.6) is 0 Å². The lowest BCUT2D eigenvalue weighted by Crippen LogP contribution is -2.06. The summed E-state index contributed by atoms with van der Waals surface area (Å²) in [6.07, 6.45) is 1.64. The molecule has 12 heavy (non-hydrogen) atoms. The van der Waals surface area contributed by atoms with Crippen LogP contribution in [0.15, 0.2) is 11.0 Å². The molecule has 0 saturated carbocycles. The van der Waals surface area contributed by atoms with Crippen molar-refractivity contribution in [3.05, 3.63) is 21.3 Å². The Morgan fingerprint density at radius 2 is 2.33 bits per heavy atom.